The quantitative estimate of drug-likeness (QED) is 0.580. The maximum Gasteiger partial charge on any atom is 0.208 e. The van der Waals surface area contributed by atoms with Gasteiger partial charge in [0, 0.05) is 12.6 Å². The number of halogens is 3. The Morgan fingerprint density at radius 3 is 2.40 bits per heavy atom. The topological polar surface area (TPSA) is 58.2 Å². The van der Waals surface area contributed by atoms with E-state index in [4.69, 9.17) is 34.8 Å². The summed E-state index contributed by atoms with van der Waals surface area (Å²) in [6.45, 7) is 3.00. The summed E-state index contributed by atoms with van der Waals surface area (Å²) < 4.78 is 24.2. The molecule has 0 bridgehead atoms. The monoisotopic (exact) mass is 358 g/mol. The van der Waals surface area contributed by atoms with E-state index in [0.717, 1.165) is 11.8 Å². The van der Waals surface area contributed by atoms with E-state index >= 15 is 0 Å². The fraction of sp³-hybridized carbons (Fsp3) is 0.500. The Hall–Kier alpha value is -0.0400. The number of rotatable bonds is 7. The lowest BCUT2D eigenvalue weighted by Crippen LogP contribution is -2.27. The standard InChI is InChI=1S/C12H17Cl3N2O2S/c1-8(16-6-3-7-17-20(2,18)19)9-4-5-10(13)12(15)11(9)14/h4-5,8,16-17H,3,6-7H2,1-2H3. The normalized spacial score (nSPS) is 13.4. The molecule has 0 fully saturated rings. The van der Waals surface area contributed by atoms with Crippen molar-refractivity contribution in [2.45, 2.75) is 19.4 Å². The highest BCUT2D eigenvalue weighted by molar-refractivity contribution is 7.88. The molecule has 114 valence electrons. The van der Waals surface area contributed by atoms with Crippen LogP contribution in [-0.2, 0) is 10.0 Å². The van der Waals surface area contributed by atoms with Crippen LogP contribution in [0.25, 0.3) is 0 Å². The van der Waals surface area contributed by atoms with Gasteiger partial charge in [-0.05, 0) is 31.5 Å². The molecule has 0 heterocycles. The molecule has 1 aromatic carbocycles. The van der Waals surface area contributed by atoms with Gasteiger partial charge in [0.05, 0.1) is 21.3 Å². The number of benzene rings is 1. The molecule has 1 rings (SSSR count). The molecule has 0 amide bonds. The fourth-order valence-electron chi connectivity index (χ4n) is 1.65. The van der Waals surface area contributed by atoms with Crippen LogP contribution in [0.2, 0.25) is 15.1 Å². The molecule has 1 aromatic rings. The van der Waals surface area contributed by atoms with Crippen LogP contribution >= 0.6 is 34.8 Å². The van der Waals surface area contributed by atoms with Crippen LogP contribution in [0.4, 0.5) is 0 Å². The van der Waals surface area contributed by atoms with Gasteiger partial charge in [-0.25, -0.2) is 13.1 Å². The van der Waals surface area contributed by atoms with Gasteiger partial charge in [-0.2, -0.15) is 0 Å². The molecule has 0 saturated carbocycles. The average molecular weight is 360 g/mol. The van der Waals surface area contributed by atoms with E-state index in [0.29, 0.717) is 34.6 Å². The van der Waals surface area contributed by atoms with Crippen LogP contribution in [-0.4, -0.2) is 27.8 Å². The minimum absolute atomic E-state index is 0.00417. The predicted molar refractivity (Wildman–Crippen MR) is 85.4 cm³/mol. The molecule has 1 unspecified atom stereocenters. The Kier molecular flexibility index (Phi) is 7.04. The lowest BCUT2D eigenvalue weighted by atomic mass is 10.1. The number of sulfonamides is 1. The zero-order valence-electron chi connectivity index (χ0n) is 11.2. The third-order valence-electron chi connectivity index (χ3n) is 2.70. The summed E-state index contributed by atoms with van der Waals surface area (Å²) in [6, 6.07) is 3.52. The van der Waals surface area contributed by atoms with Gasteiger partial charge in [-0.1, -0.05) is 40.9 Å². The first kappa shape index (κ1) is 18.0. The molecule has 0 aliphatic heterocycles. The lowest BCUT2D eigenvalue weighted by Gasteiger charge is -2.17. The van der Waals surface area contributed by atoms with Crippen molar-refractivity contribution in [3.63, 3.8) is 0 Å². The van der Waals surface area contributed by atoms with Crippen molar-refractivity contribution in [1.29, 1.82) is 0 Å². The maximum atomic E-state index is 10.9. The Labute approximate surface area is 134 Å². The van der Waals surface area contributed by atoms with Crippen molar-refractivity contribution < 1.29 is 8.42 Å². The maximum absolute atomic E-state index is 10.9. The van der Waals surface area contributed by atoms with E-state index in [1.807, 2.05) is 13.0 Å². The second-order valence-electron chi connectivity index (χ2n) is 4.46. The molecule has 0 spiro atoms. The van der Waals surface area contributed by atoms with Crippen molar-refractivity contribution in [2.24, 2.45) is 0 Å². The minimum atomic E-state index is -3.13. The van der Waals surface area contributed by atoms with E-state index in [-0.39, 0.29) is 6.04 Å². The van der Waals surface area contributed by atoms with E-state index in [9.17, 15) is 8.42 Å². The van der Waals surface area contributed by atoms with Gasteiger partial charge in [0.2, 0.25) is 10.0 Å². The zero-order chi connectivity index (χ0) is 15.3. The van der Waals surface area contributed by atoms with E-state index in [2.05, 4.69) is 10.0 Å². The first-order chi connectivity index (χ1) is 9.22. The Morgan fingerprint density at radius 2 is 1.80 bits per heavy atom. The highest BCUT2D eigenvalue weighted by Crippen LogP contribution is 2.35. The first-order valence-corrected chi connectivity index (χ1v) is 9.06. The fourth-order valence-corrected chi connectivity index (χ4v) is 2.87. The summed E-state index contributed by atoms with van der Waals surface area (Å²) in [5, 5.41) is 4.46. The Morgan fingerprint density at radius 1 is 1.15 bits per heavy atom. The summed E-state index contributed by atoms with van der Waals surface area (Å²) in [4.78, 5) is 0. The van der Waals surface area contributed by atoms with Crippen LogP contribution in [0.3, 0.4) is 0 Å². The van der Waals surface area contributed by atoms with Crippen LogP contribution in [0.15, 0.2) is 12.1 Å². The van der Waals surface area contributed by atoms with Gasteiger partial charge < -0.3 is 5.32 Å². The van der Waals surface area contributed by atoms with Gasteiger partial charge >= 0.3 is 0 Å². The zero-order valence-corrected chi connectivity index (χ0v) is 14.3. The van der Waals surface area contributed by atoms with Gasteiger partial charge in [-0.3, -0.25) is 0 Å². The second kappa shape index (κ2) is 7.82. The van der Waals surface area contributed by atoms with Crippen LogP contribution in [0.5, 0.6) is 0 Å². The molecule has 0 aromatic heterocycles. The molecule has 0 radical (unpaired) electrons. The molecule has 1 atom stereocenters. The molecule has 0 saturated heterocycles. The van der Waals surface area contributed by atoms with Gasteiger partial charge in [0.15, 0.2) is 0 Å². The minimum Gasteiger partial charge on any atom is -0.310 e. The molecule has 2 N–H and O–H groups in total. The molecular weight excluding hydrogens is 343 g/mol. The molecule has 0 aliphatic rings. The van der Waals surface area contributed by atoms with E-state index in [1.54, 1.807) is 6.07 Å². The molecular formula is C12H17Cl3N2O2S. The Bertz CT molecular complexity index is 564. The number of hydrogen-bond donors (Lipinski definition) is 2. The van der Waals surface area contributed by atoms with E-state index in [1.165, 1.54) is 0 Å². The molecule has 8 heteroatoms. The van der Waals surface area contributed by atoms with Gasteiger partial charge in [-0.15, -0.1) is 0 Å². The lowest BCUT2D eigenvalue weighted by molar-refractivity contribution is 0.548. The predicted octanol–water partition coefficient (Wildman–Crippen LogP) is 3.24. The third kappa shape index (κ3) is 5.76. The summed E-state index contributed by atoms with van der Waals surface area (Å²) in [5.74, 6) is 0. The van der Waals surface area contributed by atoms with Crippen molar-refractivity contribution in [3.8, 4) is 0 Å². The van der Waals surface area contributed by atoms with E-state index < -0.39 is 10.0 Å². The van der Waals surface area contributed by atoms with Crippen LogP contribution < -0.4 is 10.0 Å². The van der Waals surface area contributed by atoms with Crippen molar-refractivity contribution >= 4 is 44.8 Å². The highest BCUT2D eigenvalue weighted by Gasteiger charge is 2.13. The molecule has 20 heavy (non-hydrogen) atoms. The van der Waals surface area contributed by atoms with Crippen LogP contribution in [0, 0.1) is 0 Å². The smallest absolute Gasteiger partial charge is 0.208 e. The van der Waals surface area contributed by atoms with Crippen molar-refractivity contribution in [2.75, 3.05) is 19.3 Å². The number of nitrogens with one attached hydrogen (secondary N) is 2. The summed E-state index contributed by atoms with van der Waals surface area (Å²) in [7, 11) is -3.13. The van der Waals surface area contributed by atoms with Crippen molar-refractivity contribution in [1.82, 2.24) is 10.0 Å². The average Bonchev–Trinajstić information content (AvgIpc) is 2.34. The second-order valence-corrected chi connectivity index (χ2v) is 7.46. The van der Waals surface area contributed by atoms with Crippen molar-refractivity contribution in [3.05, 3.63) is 32.8 Å². The summed E-state index contributed by atoms with van der Waals surface area (Å²) >= 11 is 18.0. The van der Waals surface area contributed by atoms with Crippen LogP contribution in [0.1, 0.15) is 24.9 Å². The highest BCUT2D eigenvalue weighted by atomic mass is 35.5. The third-order valence-corrected chi connectivity index (χ3v) is 4.74. The number of hydrogen-bond acceptors (Lipinski definition) is 3. The first-order valence-electron chi connectivity index (χ1n) is 6.04. The molecule has 4 nitrogen and oxygen atoms in total. The van der Waals surface area contributed by atoms with Gasteiger partial charge in [0.1, 0.15) is 0 Å². The summed E-state index contributed by atoms with van der Waals surface area (Å²) in [5.41, 5.74) is 0.858. The summed E-state index contributed by atoms with van der Waals surface area (Å²) in [6.07, 6.45) is 1.81. The van der Waals surface area contributed by atoms with Gasteiger partial charge in [0.25, 0.3) is 0 Å². The molecule has 0 aliphatic carbocycles. The largest absolute Gasteiger partial charge is 0.310 e. The Balaban J connectivity index is 2.48. The SMILES string of the molecule is CC(NCCCNS(C)(=O)=O)c1ccc(Cl)c(Cl)c1Cl.